The molecule has 182 valence electrons. The van der Waals surface area contributed by atoms with Gasteiger partial charge >= 0.3 is 23.3 Å². The van der Waals surface area contributed by atoms with Crippen molar-refractivity contribution in [3.05, 3.63) is 68.1 Å². The Hall–Kier alpha value is -4.31. The summed E-state index contributed by atoms with van der Waals surface area (Å²) in [5.74, 6) is -5.13. The molecule has 2 aromatic heterocycles. The Kier molecular flexibility index (Phi) is 7.16. The van der Waals surface area contributed by atoms with Crippen LogP contribution in [-0.4, -0.2) is 45.6 Å². The number of carboxylic acid groups (broad SMARTS) is 2. The number of hydrogen-bond acceptors (Lipinski definition) is 9. The molecule has 1 aromatic carbocycles. The molecule has 3 N–H and O–H groups in total. The van der Waals surface area contributed by atoms with Crippen molar-refractivity contribution >= 4 is 61.7 Å². The SMILES string of the molecule is O=C(Nc1sc(N=Cc2ccc([N+](=O)[O-])s2)c(C(=O)O)c1C(=O)O)c1cccc(OC(F)(F)F)c1. The number of aliphatic imine (C=N–C) groups is 1. The number of amides is 1. The summed E-state index contributed by atoms with van der Waals surface area (Å²) in [5.41, 5.74) is -1.89. The van der Waals surface area contributed by atoms with Gasteiger partial charge in [-0.3, -0.25) is 14.9 Å². The fraction of sp³-hybridized carbons (Fsp3) is 0.0526. The fourth-order valence-electron chi connectivity index (χ4n) is 2.64. The summed E-state index contributed by atoms with van der Waals surface area (Å²) in [7, 11) is 0. The smallest absolute Gasteiger partial charge is 0.478 e. The van der Waals surface area contributed by atoms with Crippen molar-refractivity contribution in [1.29, 1.82) is 0 Å². The predicted octanol–water partition coefficient (Wildman–Crippen LogP) is 5.02. The van der Waals surface area contributed by atoms with Gasteiger partial charge in [0.25, 0.3) is 5.91 Å². The molecule has 16 heteroatoms. The van der Waals surface area contributed by atoms with Gasteiger partial charge in [-0.05, 0) is 24.3 Å². The third-order valence-corrected chi connectivity index (χ3v) is 5.96. The summed E-state index contributed by atoms with van der Waals surface area (Å²) in [6, 6.07) is 6.48. The van der Waals surface area contributed by atoms with Crippen molar-refractivity contribution in [2.75, 3.05) is 5.32 Å². The average molecular weight is 529 g/mol. The number of carbonyl (C=O) groups excluding carboxylic acids is 1. The molecule has 0 fully saturated rings. The summed E-state index contributed by atoms with van der Waals surface area (Å²) in [6.07, 6.45) is -3.92. The maximum atomic E-state index is 12.6. The van der Waals surface area contributed by atoms with Gasteiger partial charge < -0.3 is 20.3 Å². The largest absolute Gasteiger partial charge is 0.573 e. The molecule has 0 spiro atoms. The Balaban J connectivity index is 1.96. The number of halogens is 3. The minimum Gasteiger partial charge on any atom is -0.478 e. The van der Waals surface area contributed by atoms with Gasteiger partial charge in [-0.15, -0.1) is 13.2 Å². The maximum Gasteiger partial charge on any atom is 0.573 e. The molecule has 0 aliphatic carbocycles. The van der Waals surface area contributed by atoms with Gasteiger partial charge in [0.05, 0.1) is 9.80 Å². The lowest BCUT2D eigenvalue weighted by atomic mass is 10.1. The van der Waals surface area contributed by atoms with E-state index in [4.69, 9.17) is 0 Å². The van der Waals surface area contributed by atoms with Crippen LogP contribution in [0, 0.1) is 10.1 Å². The Morgan fingerprint density at radius 3 is 2.34 bits per heavy atom. The van der Waals surface area contributed by atoms with E-state index in [0.29, 0.717) is 11.3 Å². The minimum absolute atomic E-state index is 0.202. The summed E-state index contributed by atoms with van der Waals surface area (Å²) in [4.78, 5) is 50.4. The van der Waals surface area contributed by atoms with Crippen molar-refractivity contribution in [2.45, 2.75) is 6.36 Å². The van der Waals surface area contributed by atoms with Crippen molar-refractivity contribution in [2.24, 2.45) is 4.99 Å². The molecule has 0 atom stereocenters. The molecule has 0 aliphatic rings. The third kappa shape index (κ3) is 6.18. The van der Waals surface area contributed by atoms with E-state index in [2.05, 4.69) is 15.0 Å². The Labute approximate surface area is 199 Å². The minimum atomic E-state index is -5.01. The number of rotatable bonds is 8. The average Bonchev–Trinajstić information content (AvgIpc) is 3.36. The van der Waals surface area contributed by atoms with E-state index >= 15 is 0 Å². The van der Waals surface area contributed by atoms with E-state index in [0.717, 1.165) is 41.8 Å². The number of nitro groups is 1. The van der Waals surface area contributed by atoms with E-state index in [9.17, 15) is 47.9 Å². The Morgan fingerprint density at radius 1 is 1.09 bits per heavy atom. The highest BCUT2D eigenvalue weighted by molar-refractivity contribution is 7.21. The second-order valence-corrected chi connectivity index (χ2v) is 8.41. The fourth-order valence-corrected chi connectivity index (χ4v) is 4.36. The van der Waals surface area contributed by atoms with Gasteiger partial charge in [-0.1, -0.05) is 28.7 Å². The van der Waals surface area contributed by atoms with Crippen LogP contribution in [0.2, 0.25) is 0 Å². The van der Waals surface area contributed by atoms with Gasteiger partial charge in [0.1, 0.15) is 26.9 Å². The second kappa shape index (κ2) is 9.90. The van der Waals surface area contributed by atoms with Crippen LogP contribution in [0.25, 0.3) is 0 Å². The monoisotopic (exact) mass is 529 g/mol. The van der Waals surface area contributed by atoms with E-state index in [-0.39, 0.29) is 20.4 Å². The standard InChI is InChI=1S/C19H10F3N3O8S2/c20-19(21,22)33-9-3-1-2-8(6-9)14(26)24-16-13(18(29)30)12(17(27)28)15(35-16)23-7-10-4-5-11(34-10)25(31)32/h1-7H,(H,24,26)(H,27,28)(H,29,30). The third-order valence-electron chi connectivity index (χ3n) is 3.98. The summed E-state index contributed by atoms with van der Waals surface area (Å²) in [5, 5.41) is 31.0. The number of anilines is 1. The summed E-state index contributed by atoms with van der Waals surface area (Å²) >= 11 is 1.22. The van der Waals surface area contributed by atoms with Crippen LogP contribution in [0.15, 0.2) is 41.4 Å². The molecule has 35 heavy (non-hydrogen) atoms. The zero-order valence-electron chi connectivity index (χ0n) is 16.7. The normalized spacial score (nSPS) is 11.4. The highest BCUT2D eigenvalue weighted by atomic mass is 32.1. The number of carbonyl (C=O) groups is 3. The van der Waals surface area contributed by atoms with Crippen LogP contribution in [0.1, 0.15) is 36.0 Å². The number of carboxylic acids is 2. The quantitative estimate of drug-likeness (QED) is 0.208. The molecule has 0 saturated heterocycles. The van der Waals surface area contributed by atoms with Gasteiger partial charge in [0, 0.05) is 17.8 Å². The number of thiophene rings is 2. The molecule has 0 unspecified atom stereocenters. The number of alkyl halides is 3. The van der Waals surface area contributed by atoms with E-state index < -0.39 is 51.0 Å². The first-order valence-electron chi connectivity index (χ1n) is 8.94. The van der Waals surface area contributed by atoms with Crippen LogP contribution >= 0.6 is 22.7 Å². The number of aromatic carboxylic acids is 2. The molecular weight excluding hydrogens is 519 g/mol. The van der Waals surface area contributed by atoms with E-state index in [1.165, 1.54) is 12.1 Å². The highest BCUT2D eigenvalue weighted by Gasteiger charge is 2.32. The maximum absolute atomic E-state index is 12.6. The van der Waals surface area contributed by atoms with Crippen molar-refractivity contribution in [3.63, 3.8) is 0 Å². The van der Waals surface area contributed by atoms with Gasteiger partial charge in [-0.25, -0.2) is 14.6 Å². The van der Waals surface area contributed by atoms with Gasteiger partial charge in [0.2, 0.25) is 0 Å². The molecular formula is C19H10F3N3O8S2. The van der Waals surface area contributed by atoms with E-state index in [1.54, 1.807) is 0 Å². The molecule has 3 aromatic rings. The van der Waals surface area contributed by atoms with Crippen molar-refractivity contribution in [1.82, 2.24) is 0 Å². The van der Waals surface area contributed by atoms with Crippen LogP contribution in [0.3, 0.4) is 0 Å². The molecule has 0 aliphatic heterocycles. The highest BCUT2D eigenvalue weighted by Crippen LogP contribution is 2.40. The number of nitrogens with zero attached hydrogens (tertiary/aromatic N) is 2. The van der Waals surface area contributed by atoms with Crippen LogP contribution in [0.5, 0.6) is 5.75 Å². The summed E-state index contributed by atoms with van der Waals surface area (Å²) in [6.45, 7) is 0. The predicted molar refractivity (Wildman–Crippen MR) is 118 cm³/mol. The first-order valence-corrected chi connectivity index (χ1v) is 10.6. The van der Waals surface area contributed by atoms with Crippen molar-refractivity contribution in [3.8, 4) is 5.75 Å². The molecule has 1 amide bonds. The molecule has 0 saturated carbocycles. The van der Waals surface area contributed by atoms with Crippen LogP contribution < -0.4 is 10.1 Å². The number of ether oxygens (including phenoxy) is 1. The van der Waals surface area contributed by atoms with Gasteiger partial charge in [0.15, 0.2) is 0 Å². The van der Waals surface area contributed by atoms with Crippen LogP contribution in [-0.2, 0) is 0 Å². The summed E-state index contributed by atoms with van der Waals surface area (Å²) < 4.78 is 41.0. The van der Waals surface area contributed by atoms with Crippen LogP contribution in [0.4, 0.5) is 28.2 Å². The molecule has 0 bridgehead atoms. The molecule has 11 nitrogen and oxygen atoms in total. The van der Waals surface area contributed by atoms with E-state index in [1.807, 2.05) is 0 Å². The lowest BCUT2D eigenvalue weighted by molar-refractivity contribution is -0.380. The molecule has 3 rings (SSSR count). The second-order valence-electron chi connectivity index (χ2n) is 6.32. The number of hydrogen-bond donors (Lipinski definition) is 3. The number of nitrogens with one attached hydrogen (secondary N) is 1. The first kappa shape index (κ1) is 25.3. The zero-order chi connectivity index (χ0) is 25.9. The lowest BCUT2D eigenvalue weighted by Crippen LogP contribution is -2.18. The topological polar surface area (TPSA) is 168 Å². The Morgan fingerprint density at radius 2 is 1.77 bits per heavy atom. The Bertz CT molecular complexity index is 1360. The first-order chi connectivity index (χ1) is 16.4. The van der Waals surface area contributed by atoms with Crippen molar-refractivity contribution < 1.29 is 47.4 Å². The van der Waals surface area contributed by atoms with Gasteiger partial charge in [-0.2, -0.15) is 0 Å². The number of benzene rings is 1. The molecule has 2 heterocycles. The zero-order valence-corrected chi connectivity index (χ0v) is 18.4. The molecule has 0 radical (unpaired) electrons. The lowest BCUT2D eigenvalue weighted by Gasteiger charge is -2.10.